The lowest BCUT2D eigenvalue weighted by atomic mass is 10.3. The van der Waals surface area contributed by atoms with Crippen LogP contribution in [0, 0.1) is 14.9 Å². The minimum atomic E-state index is -2.74. The summed E-state index contributed by atoms with van der Waals surface area (Å²) in [6.45, 7) is 0. The van der Waals surface area contributed by atoms with Gasteiger partial charge in [-0.25, -0.2) is 13.8 Å². The molecule has 0 amide bonds. The van der Waals surface area contributed by atoms with Crippen LogP contribution in [0.3, 0.4) is 0 Å². The third kappa shape index (κ3) is 2.09. The van der Waals surface area contributed by atoms with E-state index < -0.39 is 12.1 Å². The second-order valence-corrected chi connectivity index (χ2v) is 3.48. The Labute approximate surface area is 92.8 Å². The number of alkyl halides is 2. The highest BCUT2D eigenvalue weighted by molar-refractivity contribution is 14.1. The normalized spacial score (nSPS) is 10.0. The van der Waals surface area contributed by atoms with Gasteiger partial charge in [-0.2, -0.15) is 5.26 Å². The minimum Gasteiger partial charge on any atom is -0.493 e. The topological polar surface area (TPSA) is 45.9 Å². The lowest BCUT2D eigenvalue weighted by molar-refractivity contribution is 0.141. The van der Waals surface area contributed by atoms with Gasteiger partial charge in [0.1, 0.15) is 11.8 Å². The summed E-state index contributed by atoms with van der Waals surface area (Å²) in [6.07, 6.45) is -2.74. The van der Waals surface area contributed by atoms with Crippen molar-refractivity contribution in [2.75, 3.05) is 7.11 Å². The SMILES string of the molecule is COc1c(I)cc(C#N)nc1C(F)F. The van der Waals surface area contributed by atoms with Crippen molar-refractivity contribution in [3.8, 4) is 11.8 Å². The van der Waals surface area contributed by atoms with Crippen LogP contribution >= 0.6 is 22.6 Å². The van der Waals surface area contributed by atoms with Crippen molar-refractivity contribution < 1.29 is 13.5 Å². The van der Waals surface area contributed by atoms with Crippen molar-refractivity contribution in [1.29, 1.82) is 5.26 Å². The second kappa shape index (κ2) is 4.50. The molecule has 1 heterocycles. The first-order valence-corrected chi connectivity index (χ1v) is 4.60. The van der Waals surface area contributed by atoms with E-state index in [4.69, 9.17) is 10.00 Å². The number of halogens is 3. The molecule has 0 aliphatic carbocycles. The highest BCUT2D eigenvalue weighted by Gasteiger charge is 2.19. The smallest absolute Gasteiger partial charge is 0.284 e. The molecule has 0 unspecified atom stereocenters. The Morgan fingerprint density at radius 2 is 2.29 bits per heavy atom. The summed E-state index contributed by atoms with van der Waals surface area (Å²) in [4.78, 5) is 3.48. The quantitative estimate of drug-likeness (QED) is 0.789. The first-order valence-electron chi connectivity index (χ1n) is 3.52. The molecular formula is C8H5F2IN2O. The molecule has 0 radical (unpaired) electrons. The monoisotopic (exact) mass is 310 g/mol. The highest BCUT2D eigenvalue weighted by Crippen LogP contribution is 2.31. The molecule has 1 aromatic heterocycles. The number of methoxy groups -OCH3 is 1. The summed E-state index contributed by atoms with van der Waals surface area (Å²) in [5, 5.41) is 8.53. The Hall–Kier alpha value is -0.970. The van der Waals surface area contributed by atoms with E-state index in [0.717, 1.165) is 0 Å². The van der Waals surface area contributed by atoms with Gasteiger partial charge in [0.05, 0.1) is 10.7 Å². The third-order valence-electron chi connectivity index (χ3n) is 1.48. The standard InChI is InChI=1S/C8H5F2IN2O/c1-14-7-5(11)2-4(3-12)13-6(7)8(9)10/h2,8H,1H3. The van der Waals surface area contributed by atoms with Gasteiger partial charge in [-0.3, -0.25) is 0 Å². The number of pyridine rings is 1. The average molecular weight is 310 g/mol. The van der Waals surface area contributed by atoms with Gasteiger partial charge in [0.15, 0.2) is 11.4 Å². The number of aromatic nitrogens is 1. The molecule has 0 aliphatic rings. The van der Waals surface area contributed by atoms with Crippen LogP contribution in [0.1, 0.15) is 17.8 Å². The molecule has 0 saturated heterocycles. The van der Waals surface area contributed by atoms with Gasteiger partial charge in [-0.05, 0) is 28.7 Å². The van der Waals surface area contributed by atoms with E-state index in [9.17, 15) is 8.78 Å². The van der Waals surface area contributed by atoms with Gasteiger partial charge < -0.3 is 4.74 Å². The summed E-state index contributed by atoms with van der Waals surface area (Å²) < 4.78 is 30.1. The zero-order valence-corrected chi connectivity index (χ0v) is 9.25. The lowest BCUT2D eigenvalue weighted by Crippen LogP contribution is -2.00. The largest absolute Gasteiger partial charge is 0.493 e. The van der Waals surface area contributed by atoms with Crippen molar-refractivity contribution in [1.82, 2.24) is 4.98 Å². The maximum atomic E-state index is 12.5. The fourth-order valence-corrected chi connectivity index (χ4v) is 1.72. The van der Waals surface area contributed by atoms with Crippen molar-refractivity contribution in [3.63, 3.8) is 0 Å². The van der Waals surface area contributed by atoms with E-state index in [2.05, 4.69) is 4.98 Å². The molecule has 6 heteroatoms. The molecule has 0 aromatic carbocycles. The molecule has 0 aliphatic heterocycles. The predicted octanol–water partition coefficient (Wildman–Crippen LogP) is 2.50. The molecular weight excluding hydrogens is 305 g/mol. The summed E-state index contributed by atoms with van der Waals surface area (Å²) in [5.41, 5.74) is -0.526. The molecule has 3 nitrogen and oxygen atoms in total. The van der Waals surface area contributed by atoms with Crippen LogP contribution < -0.4 is 4.74 Å². The molecule has 14 heavy (non-hydrogen) atoms. The Balaban J connectivity index is 3.37. The van der Waals surface area contributed by atoms with E-state index in [1.54, 1.807) is 6.07 Å². The van der Waals surface area contributed by atoms with Gasteiger partial charge in [-0.15, -0.1) is 0 Å². The van der Waals surface area contributed by atoms with Gasteiger partial charge in [0.25, 0.3) is 6.43 Å². The molecule has 0 atom stereocenters. The van der Waals surface area contributed by atoms with E-state index in [1.807, 2.05) is 22.6 Å². The van der Waals surface area contributed by atoms with Gasteiger partial charge in [-0.1, -0.05) is 0 Å². The molecule has 0 bridgehead atoms. The van der Waals surface area contributed by atoms with E-state index in [1.165, 1.54) is 13.2 Å². The van der Waals surface area contributed by atoms with Crippen molar-refractivity contribution >= 4 is 22.6 Å². The van der Waals surface area contributed by atoms with Crippen LogP contribution in [0.5, 0.6) is 5.75 Å². The summed E-state index contributed by atoms with van der Waals surface area (Å²) in [5.74, 6) is 0.0274. The second-order valence-electron chi connectivity index (χ2n) is 2.32. The molecule has 0 saturated carbocycles. The lowest BCUT2D eigenvalue weighted by Gasteiger charge is -2.08. The van der Waals surface area contributed by atoms with Crippen molar-refractivity contribution in [3.05, 3.63) is 21.0 Å². The van der Waals surface area contributed by atoms with Crippen molar-refractivity contribution in [2.45, 2.75) is 6.43 Å². The maximum Gasteiger partial charge on any atom is 0.284 e. The van der Waals surface area contributed by atoms with Gasteiger partial charge >= 0.3 is 0 Å². The Morgan fingerprint density at radius 1 is 1.64 bits per heavy atom. The highest BCUT2D eigenvalue weighted by atomic mass is 127. The Bertz CT molecular complexity index is 390. The van der Waals surface area contributed by atoms with Crippen molar-refractivity contribution in [2.24, 2.45) is 0 Å². The number of nitrogens with zero attached hydrogens (tertiary/aromatic N) is 2. The maximum absolute atomic E-state index is 12.5. The molecule has 0 spiro atoms. The van der Waals surface area contributed by atoms with Crippen LogP contribution in [-0.4, -0.2) is 12.1 Å². The molecule has 1 rings (SSSR count). The van der Waals surface area contributed by atoms with E-state index in [0.29, 0.717) is 3.57 Å². The molecule has 74 valence electrons. The number of hydrogen-bond donors (Lipinski definition) is 0. The number of rotatable bonds is 2. The third-order valence-corrected chi connectivity index (χ3v) is 2.28. The number of nitriles is 1. The summed E-state index contributed by atoms with van der Waals surface area (Å²) in [7, 11) is 1.29. The summed E-state index contributed by atoms with van der Waals surface area (Å²) >= 11 is 1.82. The van der Waals surface area contributed by atoms with Gasteiger partial charge in [0.2, 0.25) is 0 Å². The average Bonchev–Trinajstić information content (AvgIpc) is 2.16. The first-order chi connectivity index (χ1) is 6.60. The first kappa shape index (κ1) is 11.1. The summed E-state index contributed by atoms with van der Waals surface area (Å²) in [6, 6.07) is 3.10. The molecule has 0 N–H and O–H groups in total. The zero-order valence-electron chi connectivity index (χ0n) is 7.09. The zero-order chi connectivity index (χ0) is 10.7. The Morgan fingerprint density at radius 3 is 2.71 bits per heavy atom. The minimum absolute atomic E-state index is 0.0274. The van der Waals surface area contributed by atoms with Crippen LogP contribution in [0.4, 0.5) is 8.78 Å². The predicted molar refractivity (Wildman–Crippen MR) is 53.2 cm³/mol. The van der Waals surface area contributed by atoms with Crippen LogP contribution in [-0.2, 0) is 0 Å². The molecule has 1 aromatic rings. The van der Waals surface area contributed by atoms with E-state index >= 15 is 0 Å². The van der Waals surface area contributed by atoms with Crippen LogP contribution in [0.2, 0.25) is 0 Å². The molecule has 0 fully saturated rings. The Kier molecular flexibility index (Phi) is 3.57. The van der Waals surface area contributed by atoms with E-state index in [-0.39, 0.29) is 11.4 Å². The van der Waals surface area contributed by atoms with Crippen LogP contribution in [0.15, 0.2) is 6.07 Å². The fraction of sp³-hybridized carbons (Fsp3) is 0.250. The fourth-order valence-electron chi connectivity index (χ4n) is 0.928. The van der Waals surface area contributed by atoms with Crippen LogP contribution in [0.25, 0.3) is 0 Å². The number of ether oxygens (including phenoxy) is 1. The van der Waals surface area contributed by atoms with Gasteiger partial charge in [0, 0.05) is 0 Å². The number of hydrogen-bond acceptors (Lipinski definition) is 3.